The largest absolute Gasteiger partial charge is 0.325 e. The number of amides is 1. The number of rotatable bonds is 6. The minimum Gasteiger partial charge on any atom is -0.325 e. The number of aryl methyl sites for hydroxylation is 1. The number of carbonyl (C=O) groups excluding carboxylic acids is 2. The summed E-state index contributed by atoms with van der Waals surface area (Å²) in [5.74, 6) is -0.245. The molecule has 7 nitrogen and oxygen atoms in total. The molecule has 3 aromatic rings. The molecule has 8 heteroatoms. The summed E-state index contributed by atoms with van der Waals surface area (Å²) in [5, 5.41) is 14.7. The first-order chi connectivity index (χ1) is 12.9. The molecular weight excluding hydrogens is 362 g/mol. The van der Waals surface area contributed by atoms with E-state index < -0.39 is 5.25 Å². The number of hydrogen-bond donors (Lipinski definition) is 1. The number of aromatic nitrogens is 4. The summed E-state index contributed by atoms with van der Waals surface area (Å²) in [6.45, 7) is 5.28. The third-order valence-corrected chi connectivity index (χ3v) is 4.94. The van der Waals surface area contributed by atoms with Crippen LogP contribution < -0.4 is 5.32 Å². The third kappa shape index (κ3) is 4.59. The molecule has 2 aromatic carbocycles. The Hall–Kier alpha value is -3.00. The highest BCUT2D eigenvalue weighted by atomic mass is 32.2. The van der Waals surface area contributed by atoms with Crippen molar-refractivity contribution in [3.8, 4) is 5.69 Å². The van der Waals surface area contributed by atoms with Crippen molar-refractivity contribution in [2.24, 2.45) is 0 Å². The Morgan fingerprint density at radius 1 is 1.15 bits per heavy atom. The van der Waals surface area contributed by atoms with Gasteiger partial charge in [-0.15, -0.1) is 5.10 Å². The van der Waals surface area contributed by atoms with Gasteiger partial charge >= 0.3 is 0 Å². The first kappa shape index (κ1) is 18.8. The Morgan fingerprint density at radius 3 is 2.59 bits per heavy atom. The second-order valence-electron chi connectivity index (χ2n) is 6.10. The van der Waals surface area contributed by atoms with Crippen LogP contribution in [0.25, 0.3) is 5.69 Å². The summed E-state index contributed by atoms with van der Waals surface area (Å²) in [6.07, 6.45) is 0. The first-order valence-corrected chi connectivity index (χ1v) is 9.26. The lowest BCUT2D eigenvalue weighted by Gasteiger charge is -2.12. The van der Waals surface area contributed by atoms with Crippen LogP contribution in [0.1, 0.15) is 29.8 Å². The van der Waals surface area contributed by atoms with Crippen LogP contribution in [0.4, 0.5) is 5.69 Å². The standard InChI is InChI=1S/C19H19N5O2S/c1-12-7-9-17(10-8-12)24-19(21-22-23-24)27-14(3)18(26)20-16-6-4-5-15(11-16)13(2)25/h4-11,14H,1-3H3,(H,20,26)/t14-/m0/s1. The first-order valence-electron chi connectivity index (χ1n) is 8.38. The van der Waals surface area contributed by atoms with E-state index in [1.165, 1.54) is 18.7 Å². The molecule has 0 radical (unpaired) electrons. The lowest BCUT2D eigenvalue weighted by atomic mass is 10.1. The highest BCUT2D eigenvalue weighted by Gasteiger charge is 2.19. The second-order valence-corrected chi connectivity index (χ2v) is 7.40. The minimum atomic E-state index is -0.429. The summed E-state index contributed by atoms with van der Waals surface area (Å²) in [7, 11) is 0. The zero-order chi connectivity index (χ0) is 19.4. The Bertz CT molecular complexity index is 968. The highest BCUT2D eigenvalue weighted by Crippen LogP contribution is 2.24. The summed E-state index contributed by atoms with van der Waals surface area (Å²) in [4.78, 5) is 24.0. The molecular formula is C19H19N5O2S. The van der Waals surface area contributed by atoms with E-state index in [1.807, 2.05) is 31.2 Å². The van der Waals surface area contributed by atoms with Crippen LogP contribution in [0.15, 0.2) is 53.7 Å². The topological polar surface area (TPSA) is 89.8 Å². The fraction of sp³-hybridized carbons (Fsp3) is 0.211. The molecule has 0 saturated carbocycles. The molecule has 138 valence electrons. The maximum Gasteiger partial charge on any atom is 0.237 e. The van der Waals surface area contributed by atoms with Gasteiger partial charge in [0.2, 0.25) is 11.1 Å². The average Bonchev–Trinajstić information content (AvgIpc) is 3.10. The molecule has 0 fully saturated rings. The maximum atomic E-state index is 12.5. The predicted molar refractivity (Wildman–Crippen MR) is 104 cm³/mol. The van der Waals surface area contributed by atoms with Crippen LogP contribution in [0.5, 0.6) is 0 Å². The average molecular weight is 381 g/mol. The fourth-order valence-corrected chi connectivity index (χ4v) is 3.18. The van der Waals surface area contributed by atoms with Gasteiger partial charge in [0.1, 0.15) is 0 Å². The highest BCUT2D eigenvalue weighted by molar-refractivity contribution is 8.00. The van der Waals surface area contributed by atoms with E-state index in [-0.39, 0.29) is 11.7 Å². The summed E-state index contributed by atoms with van der Waals surface area (Å²) < 4.78 is 1.60. The summed E-state index contributed by atoms with van der Waals surface area (Å²) in [5.41, 5.74) is 3.10. The van der Waals surface area contributed by atoms with Gasteiger partial charge in [0, 0.05) is 11.3 Å². The van der Waals surface area contributed by atoms with Crippen LogP contribution in [-0.4, -0.2) is 37.1 Å². The molecule has 0 bridgehead atoms. The van der Waals surface area contributed by atoms with Crippen LogP contribution in [-0.2, 0) is 4.79 Å². The van der Waals surface area contributed by atoms with Crippen molar-refractivity contribution in [3.05, 3.63) is 59.7 Å². The molecule has 0 spiro atoms. The van der Waals surface area contributed by atoms with E-state index in [4.69, 9.17) is 0 Å². The molecule has 0 saturated heterocycles. The van der Waals surface area contributed by atoms with Crippen LogP contribution in [0.3, 0.4) is 0 Å². The number of hydrogen-bond acceptors (Lipinski definition) is 6. The maximum absolute atomic E-state index is 12.5. The van der Waals surface area contributed by atoms with E-state index in [0.29, 0.717) is 16.4 Å². The van der Waals surface area contributed by atoms with Crippen LogP contribution in [0, 0.1) is 6.92 Å². The second kappa shape index (κ2) is 8.13. The number of carbonyl (C=O) groups is 2. The molecule has 0 aliphatic rings. The molecule has 27 heavy (non-hydrogen) atoms. The molecule has 1 amide bonds. The molecule has 0 aliphatic heterocycles. The lowest BCUT2D eigenvalue weighted by molar-refractivity contribution is -0.115. The fourth-order valence-electron chi connectivity index (χ4n) is 2.37. The zero-order valence-electron chi connectivity index (χ0n) is 15.2. The van der Waals surface area contributed by atoms with Gasteiger partial charge in [0.15, 0.2) is 5.78 Å². The smallest absolute Gasteiger partial charge is 0.237 e. The van der Waals surface area contributed by atoms with Gasteiger partial charge in [-0.1, -0.05) is 41.6 Å². The van der Waals surface area contributed by atoms with E-state index in [0.717, 1.165) is 11.3 Å². The quantitative estimate of drug-likeness (QED) is 0.520. The van der Waals surface area contributed by atoms with Crippen molar-refractivity contribution in [1.82, 2.24) is 20.2 Å². The molecule has 0 unspecified atom stereocenters. The Morgan fingerprint density at radius 2 is 1.89 bits per heavy atom. The number of tetrazole rings is 1. The van der Waals surface area contributed by atoms with Crippen LogP contribution in [0.2, 0.25) is 0 Å². The Labute approximate surface area is 161 Å². The number of Topliss-reactive ketones (excluding diaryl/α,β-unsaturated/α-hetero) is 1. The number of ketones is 1. The molecule has 1 N–H and O–H groups in total. The van der Waals surface area contributed by atoms with Gasteiger partial charge in [0.25, 0.3) is 0 Å². The van der Waals surface area contributed by atoms with Gasteiger partial charge in [0.05, 0.1) is 10.9 Å². The molecule has 0 aliphatic carbocycles. The SMILES string of the molecule is CC(=O)c1cccc(NC(=O)[C@H](C)Sc2nnnn2-c2ccc(C)cc2)c1. The number of benzene rings is 2. The van der Waals surface area contributed by atoms with Gasteiger partial charge in [-0.05, 0) is 55.5 Å². The predicted octanol–water partition coefficient (Wildman–Crippen LogP) is 3.29. The summed E-state index contributed by atoms with van der Waals surface area (Å²) in [6, 6.07) is 14.7. The van der Waals surface area contributed by atoms with Crippen molar-refractivity contribution < 1.29 is 9.59 Å². The summed E-state index contributed by atoms with van der Waals surface area (Å²) >= 11 is 1.26. The molecule has 1 aromatic heterocycles. The van der Waals surface area contributed by atoms with Gasteiger partial charge in [-0.25, -0.2) is 0 Å². The van der Waals surface area contributed by atoms with E-state index in [9.17, 15) is 9.59 Å². The van der Waals surface area contributed by atoms with Gasteiger partial charge in [-0.2, -0.15) is 4.68 Å². The monoisotopic (exact) mass is 381 g/mol. The molecule has 3 rings (SSSR count). The Kier molecular flexibility index (Phi) is 5.66. The third-order valence-electron chi connectivity index (χ3n) is 3.91. The number of nitrogens with zero attached hydrogens (tertiary/aromatic N) is 4. The van der Waals surface area contributed by atoms with Gasteiger partial charge in [-0.3, -0.25) is 9.59 Å². The van der Waals surface area contributed by atoms with Crippen molar-refractivity contribution in [1.29, 1.82) is 0 Å². The van der Waals surface area contributed by atoms with Crippen molar-refractivity contribution in [3.63, 3.8) is 0 Å². The van der Waals surface area contributed by atoms with Crippen molar-refractivity contribution in [2.45, 2.75) is 31.2 Å². The van der Waals surface area contributed by atoms with Crippen molar-refractivity contribution >= 4 is 29.1 Å². The zero-order valence-corrected chi connectivity index (χ0v) is 16.0. The normalized spacial score (nSPS) is 11.8. The van der Waals surface area contributed by atoms with E-state index in [2.05, 4.69) is 20.8 Å². The van der Waals surface area contributed by atoms with Gasteiger partial charge < -0.3 is 5.32 Å². The minimum absolute atomic E-state index is 0.0502. The molecule has 1 atom stereocenters. The van der Waals surface area contributed by atoms with Crippen LogP contribution >= 0.6 is 11.8 Å². The molecule has 1 heterocycles. The number of nitrogens with one attached hydrogen (secondary N) is 1. The lowest BCUT2D eigenvalue weighted by Crippen LogP contribution is -2.23. The Balaban J connectivity index is 1.71. The van der Waals surface area contributed by atoms with E-state index in [1.54, 1.807) is 35.9 Å². The van der Waals surface area contributed by atoms with E-state index >= 15 is 0 Å². The van der Waals surface area contributed by atoms with Crippen molar-refractivity contribution in [2.75, 3.05) is 5.32 Å². The number of thioether (sulfide) groups is 1. The number of anilines is 1.